The van der Waals surface area contributed by atoms with Crippen LogP contribution in [-0.4, -0.2) is 82.2 Å². The van der Waals surface area contributed by atoms with Crippen LogP contribution in [0.1, 0.15) is 44.6 Å². The second-order valence-corrected chi connectivity index (χ2v) is 8.90. The fourth-order valence-corrected chi connectivity index (χ4v) is 4.09. The Labute approximate surface area is 205 Å². The van der Waals surface area contributed by atoms with Crippen LogP contribution < -0.4 is 22.1 Å². The number of amides is 3. The van der Waals surface area contributed by atoms with Gasteiger partial charge in [-0.3, -0.25) is 14.4 Å². The number of aliphatic hydroxyl groups is 1. The van der Waals surface area contributed by atoms with Crippen molar-refractivity contribution in [3.8, 4) is 0 Å². The Kier molecular flexibility index (Phi) is 11.1. The lowest BCUT2D eigenvalue weighted by Crippen LogP contribution is -2.59. The first-order valence-corrected chi connectivity index (χ1v) is 12.0. The number of carboxylic acid groups (broad SMARTS) is 1. The summed E-state index contributed by atoms with van der Waals surface area (Å²) in [7, 11) is 0. The van der Waals surface area contributed by atoms with Gasteiger partial charge in [0.15, 0.2) is 0 Å². The highest BCUT2D eigenvalue weighted by atomic mass is 16.4. The van der Waals surface area contributed by atoms with Crippen molar-refractivity contribution < 1.29 is 29.4 Å². The number of carboxylic acids is 1. The van der Waals surface area contributed by atoms with E-state index in [-0.39, 0.29) is 13.0 Å². The quantitative estimate of drug-likeness (QED) is 0.192. The van der Waals surface area contributed by atoms with Crippen LogP contribution in [0.3, 0.4) is 0 Å². The van der Waals surface area contributed by atoms with E-state index < -0.39 is 54.0 Å². The van der Waals surface area contributed by atoms with Crippen molar-refractivity contribution in [3.05, 3.63) is 35.9 Å². The number of nitrogens with two attached hydrogens (primary N) is 2. The minimum Gasteiger partial charge on any atom is -0.480 e. The van der Waals surface area contributed by atoms with Gasteiger partial charge in [-0.05, 0) is 44.7 Å². The second kappa shape index (κ2) is 13.8. The van der Waals surface area contributed by atoms with Gasteiger partial charge in [-0.2, -0.15) is 0 Å². The summed E-state index contributed by atoms with van der Waals surface area (Å²) < 4.78 is 0. The standard InChI is InChI=1S/C24H37N5O6/c1-15(30)20(28-21(31)17(26)10-5-6-12-25)23(33)29-13-7-11-19(29)22(32)27-18(24(34)35)14-16-8-3-2-4-9-16/h2-4,8-9,15,17-20,30H,5-7,10-14,25-26H2,1H3,(H,27,32)(H,28,31)(H,34,35). The van der Waals surface area contributed by atoms with Crippen LogP contribution in [0.2, 0.25) is 0 Å². The minimum atomic E-state index is -1.28. The first-order chi connectivity index (χ1) is 16.6. The zero-order valence-electron chi connectivity index (χ0n) is 20.1. The molecule has 3 amide bonds. The molecule has 5 unspecified atom stereocenters. The molecule has 5 atom stereocenters. The average Bonchev–Trinajstić information content (AvgIpc) is 3.32. The second-order valence-electron chi connectivity index (χ2n) is 8.90. The maximum atomic E-state index is 13.2. The molecule has 1 aromatic rings. The van der Waals surface area contributed by atoms with E-state index in [1.54, 1.807) is 24.3 Å². The highest BCUT2D eigenvalue weighted by molar-refractivity contribution is 5.94. The summed E-state index contributed by atoms with van der Waals surface area (Å²) >= 11 is 0. The number of nitrogens with zero attached hydrogens (tertiary/aromatic N) is 1. The van der Waals surface area contributed by atoms with E-state index in [1.165, 1.54) is 11.8 Å². The predicted molar refractivity (Wildman–Crippen MR) is 129 cm³/mol. The van der Waals surface area contributed by atoms with Crippen LogP contribution in [0.15, 0.2) is 30.3 Å². The molecule has 1 heterocycles. The summed E-state index contributed by atoms with van der Waals surface area (Å²) in [5.74, 6) is -2.96. The smallest absolute Gasteiger partial charge is 0.326 e. The largest absolute Gasteiger partial charge is 0.480 e. The number of rotatable bonds is 13. The topological polar surface area (TPSA) is 188 Å². The molecule has 0 aliphatic carbocycles. The number of nitrogens with one attached hydrogen (secondary N) is 2. The molecule has 194 valence electrons. The predicted octanol–water partition coefficient (Wildman–Crippen LogP) is -0.889. The van der Waals surface area contributed by atoms with Gasteiger partial charge in [0.05, 0.1) is 12.1 Å². The molecule has 1 aromatic carbocycles. The molecule has 35 heavy (non-hydrogen) atoms. The molecule has 8 N–H and O–H groups in total. The number of hydrogen-bond donors (Lipinski definition) is 6. The number of carbonyl (C=O) groups is 4. The van der Waals surface area contributed by atoms with E-state index >= 15 is 0 Å². The monoisotopic (exact) mass is 491 g/mol. The van der Waals surface area contributed by atoms with E-state index in [0.29, 0.717) is 38.6 Å². The maximum absolute atomic E-state index is 13.2. The first-order valence-electron chi connectivity index (χ1n) is 12.0. The van der Waals surface area contributed by atoms with Crippen LogP contribution >= 0.6 is 0 Å². The van der Waals surface area contributed by atoms with Crippen molar-refractivity contribution in [2.75, 3.05) is 13.1 Å². The molecule has 0 radical (unpaired) electrons. The van der Waals surface area contributed by atoms with E-state index in [2.05, 4.69) is 10.6 Å². The van der Waals surface area contributed by atoms with Gasteiger partial charge < -0.3 is 37.2 Å². The van der Waals surface area contributed by atoms with Crippen LogP contribution in [-0.2, 0) is 25.6 Å². The molecule has 0 aromatic heterocycles. The van der Waals surface area contributed by atoms with Crippen LogP contribution in [0.5, 0.6) is 0 Å². The molecule has 2 rings (SSSR count). The fourth-order valence-electron chi connectivity index (χ4n) is 4.09. The maximum Gasteiger partial charge on any atom is 0.326 e. The third kappa shape index (κ3) is 8.30. The molecule has 0 spiro atoms. The number of hydrogen-bond acceptors (Lipinski definition) is 7. The van der Waals surface area contributed by atoms with Crippen molar-refractivity contribution in [1.82, 2.24) is 15.5 Å². The highest BCUT2D eigenvalue weighted by Gasteiger charge is 2.40. The van der Waals surface area contributed by atoms with Crippen molar-refractivity contribution in [2.24, 2.45) is 11.5 Å². The van der Waals surface area contributed by atoms with E-state index in [9.17, 15) is 29.4 Å². The molecule has 1 aliphatic heterocycles. The van der Waals surface area contributed by atoms with Gasteiger partial charge in [0.2, 0.25) is 17.7 Å². The Morgan fingerprint density at radius 3 is 2.43 bits per heavy atom. The Bertz CT molecular complexity index is 865. The summed E-state index contributed by atoms with van der Waals surface area (Å²) in [6.07, 6.45) is 1.49. The zero-order valence-corrected chi connectivity index (χ0v) is 20.1. The summed E-state index contributed by atoms with van der Waals surface area (Å²) in [5.41, 5.74) is 12.1. The number of unbranched alkanes of at least 4 members (excludes halogenated alkanes) is 1. The molecule has 0 saturated carbocycles. The van der Waals surface area contributed by atoms with Crippen molar-refractivity contribution in [2.45, 2.75) is 75.7 Å². The lowest BCUT2D eigenvalue weighted by molar-refractivity contribution is -0.146. The summed E-state index contributed by atoms with van der Waals surface area (Å²) in [6, 6.07) is 4.69. The van der Waals surface area contributed by atoms with Gasteiger partial charge in [0.25, 0.3) is 0 Å². The van der Waals surface area contributed by atoms with Gasteiger partial charge in [0.1, 0.15) is 18.1 Å². The van der Waals surface area contributed by atoms with Crippen LogP contribution in [0.25, 0.3) is 0 Å². The first kappa shape index (κ1) is 28.2. The summed E-state index contributed by atoms with van der Waals surface area (Å²) in [5, 5.41) is 24.8. The van der Waals surface area contributed by atoms with Gasteiger partial charge in [-0.25, -0.2) is 4.79 Å². The minimum absolute atomic E-state index is 0.0942. The van der Waals surface area contributed by atoms with E-state index in [1.807, 2.05) is 6.07 Å². The van der Waals surface area contributed by atoms with Crippen LogP contribution in [0.4, 0.5) is 0 Å². The van der Waals surface area contributed by atoms with Gasteiger partial charge in [-0.15, -0.1) is 0 Å². The Morgan fingerprint density at radius 1 is 1.14 bits per heavy atom. The Balaban J connectivity index is 2.06. The van der Waals surface area contributed by atoms with Crippen molar-refractivity contribution >= 4 is 23.7 Å². The van der Waals surface area contributed by atoms with Crippen LogP contribution in [0, 0.1) is 0 Å². The molecule has 1 aliphatic rings. The molecular formula is C24H37N5O6. The normalized spacial score (nSPS) is 18.9. The zero-order chi connectivity index (χ0) is 26.0. The van der Waals surface area contributed by atoms with Crippen molar-refractivity contribution in [1.29, 1.82) is 0 Å². The fraction of sp³-hybridized carbons (Fsp3) is 0.583. The average molecular weight is 492 g/mol. The van der Waals surface area contributed by atoms with E-state index in [0.717, 1.165) is 5.56 Å². The number of aliphatic carboxylic acids is 1. The summed E-state index contributed by atoms with van der Waals surface area (Å²) in [4.78, 5) is 51.7. The van der Waals surface area contributed by atoms with Gasteiger partial charge >= 0.3 is 5.97 Å². The Morgan fingerprint density at radius 2 is 1.83 bits per heavy atom. The lowest BCUT2D eigenvalue weighted by Gasteiger charge is -2.31. The molecular weight excluding hydrogens is 454 g/mol. The molecule has 11 heteroatoms. The number of carbonyl (C=O) groups excluding carboxylic acids is 3. The molecule has 0 bridgehead atoms. The molecule has 1 saturated heterocycles. The van der Waals surface area contributed by atoms with Crippen molar-refractivity contribution in [3.63, 3.8) is 0 Å². The number of aliphatic hydroxyl groups excluding tert-OH is 1. The third-order valence-corrected chi connectivity index (χ3v) is 6.09. The number of likely N-dealkylation sites (tertiary alicyclic amines) is 1. The third-order valence-electron chi connectivity index (χ3n) is 6.09. The van der Waals surface area contributed by atoms with Gasteiger partial charge in [-0.1, -0.05) is 36.8 Å². The highest BCUT2D eigenvalue weighted by Crippen LogP contribution is 2.20. The van der Waals surface area contributed by atoms with E-state index in [4.69, 9.17) is 11.5 Å². The lowest BCUT2D eigenvalue weighted by atomic mass is 10.0. The van der Waals surface area contributed by atoms with Gasteiger partial charge in [0, 0.05) is 13.0 Å². The Hall–Kier alpha value is -3.02. The SMILES string of the molecule is CC(O)C(NC(=O)C(N)CCCCN)C(=O)N1CCCC1C(=O)NC(Cc1ccccc1)C(=O)O. The number of benzene rings is 1. The molecule has 1 fully saturated rings. The molecule has 11 nitrogen and oxygen atoms in total. The summed E-state index contributed by atoms with van der Waals surface area (Å²) in [6.45, 7) is 2.10.